The molecule has 0 spiro atoms. The molecule has 0 aromatic heterocycles. The summed E-state index contributed by atoms with van der Waals surface area (Å²) in [5.41, 5.74) is 3.34. The van der Waals surface area contributed by atoms with Gasteiger partial charge in [0.15, 0.2) is 0 Å². The van der Waals surface area contributed by atoms with Gasteiger partial charge in [-0.1, -0.05) is 54.6 Å². The van der Waals surface area contributed by atoms with Crippen molar-refractivity contribution in [2.75, 3.05) is 0 Å². The summed E-state index contributed by atoms with van der Waals surface area (Å²) in [5.74, 6) is -1.25. The fourth-order valence-electron chi connectivity index (χ4n) is 2.76. The third-order valence-electron chi connectivity index (χ3n) is 4.23. The number of hydrogen-bond acceptors (Lipinski definition) is 2. The van der Waals surface area contributed by atoms with E-state index in [1.54, 1.807) is 6.92 Å². The van der Waals surface area contributed by atoms with Crippen LogP contribution in [0, 0.1) is 0 Å². The standard InChI is InChI=1S/C20H25NO2/c1-14(21-16(3)19-7-5-4-6-8-19)13-17-9-11-18(12-10-17)15(2)20(22)23/h4-12,14-16,21H,13H2,1-3H3,(H,22,23)/t14-,15?,16?/m1/s1. The van der Waals surface area contributed by atoms with Gasteiger partial charge in [-0.05, 0) is 43.9 Å². The molecule has 2 N–H and O–H groups in total. The number of aliphatic carboxylic acids is 1. The molecule has 2 unspecified atom stereocenters. The first-order valence-corrected chi connectivity index (χ1v) is 8.10. The Morgan fingerprint density at radius 1 is 0.957 bits per heavy atom. The molecule has 0 aliphatic heterocycles. The van der Waals surface area contributed by atoms with Crippen LogP contribution < -0.4 is 5.32 Å². The summed E-state index contributed by atoms with van der Waals surface area (Å²) in [7, 11) is 0. The first kappa shape index (κ1) is 17.2. The summed E-state index contributed by atoms with van der Waals surface area (Å²) in [6.07, 6.45) is 0.916. The van der Waals surface area contributed by atoms with Crippen LogP contribution in [0.25, 0.3) is 0 Å². The number of carbonyl (C=O) groups is 1. The normalized spacial score (nSPS) is 14.9. The highest BCUT2D eigenvalue weighted by Crippen LogP contribution is 2.18. The van der Waals surface area contributed by atoms with Crippen molar-refractivity contribution < 1.29 is 9.90 Å². The highest BCUT2D eigenvalue weighted by molar-refractivity contribution is 5.75. The second-order valence-corrected chi connectivity index (χ2v) is 6.21. The monoisotopic (exact) mass is 311 g/mol. The van der Waals surface area contributed by atoms with E-state index >= 15 is 0 Å². The summed E-state index contributed by atoms with van der Waals surface area (Å²) in [6.45, 7) is 6.06. The summed E-state index contributed by atoms with van der Waals surface area (Å²) in [4.78, 5) is 11.0. The molecule has 2 rings (SSSR count). The first-order chi connectivity index (χ1) is 11.0. The molecule has 0 fully saturated rings. The van der Waals surface area contributed by atoms with Gasteiger partial charge in [0.2, 0.25) is 0 Å². The fraction of sp³-hybridized carbons (Fsp3) is 0.350. The van der Waals surface area contributed by atoms with Crippen molar-refractivity contribution in [1.29, 1.82) is 0 Å². The lowest BCUT2D eigenvalue weighted by Crippen LogP contribution is -2.30. The average molecular weight is 311 g/mol. The summed E-state index contributed by atoms with van der Waals surface area (Å²) < 4.78 is 0. The number of carboxylic acid groups (broad SMARTS) is 1. The van der Waals surface area contributed by atoms with Crippen LogP contribution in [0.1, 0.15) is 49.4 Å². The van der Waals surface area contributed by atoms with Gasteiger partial charge in [-0.3, -0.25) is 4.79 Å². The minimum Gasteiger partial charge on any atom is -0.481 e. The van der Waals surface area contributed by atoms with Crippen LogP contribution in [0.4, 0.5) is 0 Å². The van der Waals surface area contributed by atoms with E-state index in [4.69, 9.17) is 5.11 Å². The van der Waals surface area contributed by atoms with E-state index in [0.29, 0.717) is 12.1 Å². The van der Waals surface area contributed by atoms with E-state index in [9.17, 15) is 4.79 Å². The summed E-state index contributed by atoms with van der Waals surface area (Å²) in [5, 5.41) is 12.7. The Kier molecular flexibility index (Phi) is 5.94. The quantitative estimate of drug-likeness (QED) is 0.807. The molecule has 3 atom stereocenters. The maximum atomic E-state index is 11.0. The summed E-state index contributed by atoms with van der Waals surface area (Å²) in [6, 6.07) is 18.9. The SMILES string of the molecule is CC(N[C@H](C)Cc1ccc(C(C)C(=O)O)cc1)c1ccccc1. The number of rotatable bonds is 7. The molecule has 0 radical (unpaired) electrons. The van der Waals surface area contributed by atoms with Crippen LogP contribution in [-0.2, 0) is 11.2 Å². The Morgan fingerprint density at radius 2 is 1.57 bits per heavy atom. The van der Waals surface area contributed by atoms with E-state index in [1.807, 2.05) is 30.3 Å². The van der Waals surface area contributed by atoms with E-state index < -0.39 is 11.9 Å². The van der Waals surface area contributed by atoms with Crippen LogP contribution >= 0.6 is 0 Å². The molecule has 3 nitrogen and oxygen atoms in total. The zero-order valence-electron chi connectivity index (χ0n) is 14.0. The molecule has 3 heteroatoms. The largest absolute Gasteiger partial charge is 0.481 e. The fourth-order valence-corrected chi connectivity index (χ4v) is 2.76. The van der Waals surface area contributed by atoms with Crippen LogP contribution in [0.5, 0.6) is 0 Å². The summed E-state index contributed by atoms with van der Waals surface area (Å²) >= 11 is 0. The van der Waals surface area contributed by atoms with Crippen molar-refractivity contribution in [2.24, 2.45) is 0 Å². The highest BCUT2D eigenvalue weighted by atomic mass is 16.4. The molecule has 0 saturated carbocycles. The minimum absolute atomic E-state index is 0.303. The second kappa shape index (κ2) is 7.93. The predicted molar refractivity (Wildman–Crippen MR) is 93.7 cm³/mol. The zero-order chi connectivity index (χ0) is 16.8. The van der Waals surface area contributed by atoms with E-state index in [0.717, 1.165) is 12.0 Å². The van der Waals surface area contributed by atoms with Crippen molar-refractivity contribution in [3.8, 4) is 0 Å². The van der Waals surface area contributed by atoms with Crippen molar-refractivity contribution in [1.82, 2.24) is 5.32 Å². The zero-order valence-corrected chi connectivity index (χ0v) is 14.0. The van der Waals surface area contributed by atoms with Gasteiger partial charge in [-0.15, -0.1) is 0 Å². The van der Waals surface area contributed by atoms with Crippen molar-refractivity contribution in [3.63, 3.8) is 0 Å². The molecule has 23 heavy (non-hydrogen) atoms. The van der Waals surface area contributed by atoms with Crippen LogP contribution in [0.15, 0.2) is 54.6 Å². The molecular weight excluding hydrogens is 286 g/mol. The molecule has 0 saturated heterocycles. The highest BCUT2D eigenvalue weighted by Gasteiger charge is 2.14. The molecule has 0 bridgehead atoms. The number of nitrogens with one attached hydrogen (secondary N) is 1. The molecule has 122 valence electrons. The molecule has 0 heterocycles. The minimum atomic E-state index is -0.788. The molecule has 0 amide bonds. The van der Waals surface area contributed by atoms with Crippen LogP contribution in [-0.4, -0.2) is 17.1 Å². The third-order valence-corrected chi connectivity index (χ3v) is 4.23. The lowest BCUT2D eigenvalue weighted by molar-refractivity contribution is -0.138. The van der Waals surface area contributed by atoms with Gasteiger partial charge in [0.05, 0.1) is 5.92 Å². The maximum absolute atomic E-state index is 11.0. The first-order valence-electron chi connectivity index (χ1n) is 8.10. The Bertz CT molecular complexity index is 622. The topological polar surface area (TPSA) is 49.3 Å². The third kappa shape index (κ3) is 4.93. The van der Waals surface area contributed by atoms with Gasteiger partial charge in [0, 0.05) is 12.1 Å². The Balaban J connectivity index is 1.92. The Labute approximate surface area is 138 Å². The number of carboxylic acids is 1. The van der Waals surface area contributed by atoms with Gasteiger partial charge < -0.3 is 10.4 Å². The lowest BCUT2D eigenvalue weighted by Gasteiger charge is -2.20. The van der Waals surface area contributed by atoms with Gasteiger partial charge in [0.25, 0.3) is 0 Å². The van der Waals surface area contributed by atoms with E-state index in [2.05, 4.69) is 43.4 Å². The molecule has 2 aromatic carbocycles. The van der Waals surface area contributed by atoms with Gasteiger partial charge in [0.1, 0.15) is 0 Å². The maximum Gasteiger partial charge on any atom is 0.310 e. The molecule has 2 aromatic rings. The molecule has 0 aliphatic carbocycles. The second-order valence-electron chi connectivity index (χ2n) is 6.21. The molecule has 0 aliphatic rings. The van der Waals surface area contributed by atoms with Crippen molar-refractivity contribution in [2.45, 2.75) is 45.2 Å². The van der Waals surface area contributed by atoms with Gasteiger partial charge >= 0.3 is 5.97 Å². The molecular formula is C20H25NO2. The predicted octanol–water partition coefficient (Wildman–Crippen LogP) is 4.16. The number of hydrogen-bond donors (Lipinski definition) is 2. The lowest BCUT2D eigenvalue weighted by atomic mass is 9.98. The smallest absolute Gasteiger partial charge is 0.310 e. The average Bonchev–Trinajstić information content (AvgIpc) is 2.55. The van der Waals surface area contributed by atoms with Crippen LogP contribution in [0.2, 0.25) is 0 Å². The van der Waals surface area contributed by atoms with Crippen molar-refractivity contribution in [3.05, 3.63) is 71.3 Å². The number of benzene rings is 2. The van der Waals surface area contributed by atoms with E-state index in [1.165, 1.54) is 11.1 Å². The van der Waals surface area contributed by atoms with Crippen molar-refractivity contribution >= 4 is 5.97 Å². The van der Waals surface area contributed by atoms with Gasteiger partial charge in [-0.25, -0.2) is 0 Å². The van der Waals surface area contributed by atoms with Crippen LogP contribution in [0.3, 0.4) is 0 Å². The Morgan fingerprint density at radius 3 is 2.13 bits per heavy atom. The van der Waals surface area contributed by atoms with Gasteiger partial charge in [-0.2, -0.15) is 0 Å². The Hall–Kier alpha value is -2.13. The van der Waals surface area contributed by atoms with E-state index in [-0.39, 0.29) is 0 Å².